The first kappa shape index (κ1) is 25.4. The minimum Gasteiger partial charge on any atom is -0.463 e. The molecule has 0 spiro atoms. The van der Waals surface area contributed by atoms with Crippen molar-refractivity contribution in [1.29, 1.82) is 0 Å². The summed E-state index contributed by atoms with van der Waals surface area (Å²) in [4.78, 5) is 34.6. The van der Waals surface area contributed by atoms with Gasteiger partial charge in [0.1, 0.15) is 5.60 Å². The van der Waals surface area contributed by atoms with Gasteiger partial charge in [-0.25, -0.2) is 4.79 Å². The predicted molar refractivity (Wildman–Crippen MR) is 111 cm³/mol. The molecule has 0 amide bonds. The smallest absolute Gasteiger partial charge is 0.347 e. The first-order chi connectivity index (χ1) is 13.4. The van der Waals surface area contributed by atoms with Crippen molar-refractivity contribution in [3.63, 3.8) is 0 Å². The number of carbonyl (C=O) groups excluding carboxylic acids is 3. The summed E-state index contributed by atoms with van der Waals surface area (Å²) in [6.45, 7) is 14.0. The molecule has 6 nitrogen and oxygen atoms in total. The number of hydrogen-bond donors (Lipinski definition) is 0. The van der Waals surface area contributed by atoms with Crippen LogP contribution in [0.25, 0.3) is 0 Å². The molecule has 0 bridgehead atoms. The Kier molecular flexibility index (Phi) is 9.16. The second-order valence-electron chi connectivity index (χ2n) is 9.46. The molecule has 1 aliphatic carbocycles. The summed E-state index contributed by atoms with van der Waals surface area (Å²) >= 11 is 0. The Hall–Kier alpha value is -1.59. The van der Waals surface area contributed by atoms with Crippen molar-refractivity contribution < 1.29 is 28.6 Å². The van der Waals surface area contributed by atoms with Crippen molar-refractivity contribution in [1.82, 2.24) is 0 Å². The maximum atomic E-state index is 12.0. The molecule has 168 valence electrons. The van der Waals surface area contributed by atoms with E-state index in [1.54, 1.807) is 13.8 Å². The SMILES string of the molecule is CCC(C)(C)C(=O)OC1CCOC1=O.CCC1(OC(=O)C(C)(C)CC)CCCC1. The monoisotopic (exact) mass is 412 g/mol. The second-order valence-corrected chi connectivity index (χ2v) is 9.46. The third-order valence-electron chi connectivity index (χ3n) is 6.48. The van der Waals surface area contributed by atoms with E-state index >= 15 is 0 Å². The molecule has 0 aromatic rings. The molecule has 1 aliphatic heterocycles. The van der Waals surface area contributed by atoms with Gasteiger partial charge in [0.25, 0.3) is 0 Å². The fraction of sp³-hybridized carbons (Fsp3) is 0.870. The summed E-state index contributed by atoms with van der Waals surface area (Å²) < 4.78 is 15.5. The van der Waals surface area contributed by atoms with Crippen molar-refractivity contribution >= 4 is 17.9 Å². The summed E-state index contributed by atoms with van der Waals surface area (Å²) in [6, 6.07) is 0. The minimum atomic E-state index is -0.687. The average Bonchev–Trinajstić information content (AvgIpc) is 3.32. The molecule has 0 aromatic carbocycles. The average molecular weight is 413 g/mol. The van der Waals surface area contributed by atoms with Gasteiger partial charge in [-0.05, 0) is 72.6 Å². The highest BCUT2D eigenvalue weighted by molar-refractivity contribution is 5.82. The maximum absolute atomic E-state index is 12.0. The van der Waals surface area contributed by atoms with Crippen molar-refractivity contribution in [3.8, 4) is 0 Å². The molecule has 0 aromatic heterocycles. The first-order valence-corrected chi connectivity index (χ1v) is 11.0. The number of hydrogen-bond acceptors (Lipinski definition) is 6. The molecule has 1 saturated carbocycles. The van der Waals surface area contributed by atoms with Gasteiger partial charge >= 0.3 is 17.9 Å². The van der Waals surface area contributed by atoms with E-state index in [9.17, 15) is 14.4 Å². The van der Waals surface area contributed by atoms with Crippen molar-refractivity contribution in [3.05, 3.63) is 0 Å². The van der Waals surface area contributed by atoms with Gasteiger partial charge in [0.15, 0.2) is 0 Å². The van der Waals surface area contributed by atoms with Crippen LogP contribution in [0.3, 0.4) is 0 Å². The lowest BCUT2D eigenvalue weighted by molar-refractivity contribution is -0.170. The summed E-state index contributed by atoms with van der Waals surface area (Å²) in [6.07, 6.45) is 6.78. The molecule has 0 radical (unpaired) electrons. The van der Waals surface area contributed by atoms with Gasteiger partial charge in [0.2, 0.25) is 6.10 Å². The first-order valence-electron chi connectivity index (χ1n) is 11.0. The Morgan fingerprint density at radius 2 is 1.52 bits per heavy atom. The third-order valence-corrected chi connectivity index (χ3v) is 6.48. The van der Waals surface area contributed by atoms with Crippen LogP contribution in [0.15, 0.2) is 0 Å². The molecule has 1 saturated heterocycles. The highest BCUT2D eigenvalue weighted by Gasteiger charge is 2.39. The minimum absolute atomic E-state index is 0.0197. The number of rotatable bonds is 7. The molecule has 2 aliphatic rings. The van der Waals surface area contributed by atoms with Crippen LogP contribution in [0.5, 0.6) is 0 Å². The summed E-state index contributed by atoms with van der Waals surface area (Å²) in [7, 11) is 0. The number of esters is 3. The van der Waals surface area contributed by atoms with E-state index in [1.807, 2.05) is 27.7 Å². The molecule has 0 N–H and O–H groups in total. The van der Waals surface area contributed by atoms with Crippen LogP contribution in [-0.2, 0) is 28.6 Å². The molecule has 2 fully saturated rings. The molecule has 2 rings (SSSR count). The van der Waals surface area contributed by atoms with E-state index in [2.05, 4.69) is 6.92 Å². The molecule has 29 heavy (non-hydrogen) atoms. The van der Waals surface area contributed by atoms with Crippen LogP contribution in [0.4, 0.5) is 0 Å². The van der Waals surface area contributed by atoms with Gasteiger partial charge in [-0.15, -0.1) is 0 Å². The topological polar surface area (TPSA) is 78.9 Å². The lowest BCUT2D eigenvalue weighted by atomic mass is 9.89. The van der Waals surface area contributed by atoms with Gasteiger partial charge in [-0.1, -0.05) is 20.8 Å². The third kappa shape index (κ3) is 7.00. The van der Waals surface area contributed by atoms with E-state index in [0.29, 0.717) is 19.4 Å². The standard InChI is InChI=1S/C13H24O2.C10H16O4/c1-5-12(3,4)11(14)15-13(6-2)9-7-8-10-13;1-4-10(2,3)9(12)14-7-5-6-13-8(7)11/h5-10H2,1-4H3;7H,4-6H2,1-3H3. The fourth-order valence-electron chi connectivity index (χ4n) is 3.04. The normalized spacial score (nSPS) is 21.1. The van der Waals surface area contributed by atoms with Gasteiger partial charge < -0.3 is 14.2 Å². The van der Waals surface area contributed by atoms with Gasteiger partial charge in [-0.3, -0.25) is 9.59 Å². The van der Waals surface area contributed by atoms with E-state index in [1.165, 1.54) is 12.8 Å². The Bertz CT molecular complexity index is 572. The van der Waals surface area contributed by atoms with Gasteiger partial charge in [-0.2, -0.15) is 0 Å². The van der Waals surface area contributed by atoms with E-state index in [4.69, 9.17) is 14.2 Å². The maximum Gasteiger partial charge on any atom is 0.347 e. The molecule has 1 unspecified atom stereocenters. The Labute approximate surface area is 176 Å². The van der Waals surface area contributed by atoms with Crippen LogP contribution in [0, 0.1) is 10.8 Å². The van der Waals surface area contributed by atoms with Crippen molar-refractivity contribution in [2.24, 2.45) is 10.8 Å². The van der Waals surface area contributed by atoms with Gasteiger partial charge in [0, 0.05) is 6.42 Å². The quantitative estimate of drug-likeness (QED) is 0.434. The van der Waals surface area contributed by atoms with Crippen LogP contribution in [-0.4, -0.2) is 36.2 Å². The van der Waals surface area contributed by atoms with Crippen LogP contribution in [0.2, 0.25) is 0 Å². The molecule has 1 heterocycles. The second kappa shape index (κ2) is 10.4. The molecule has 6 heteroatoms. The Morgan fingerprint density at radius 3 is 1.93 bits per heavy atom. The fourth-order valence-corrected chi connectivity index (χ4v) is 3.04. The lowest BCUT2D eigenvalue weighted by Crippen LogP contribution is -2.37. The zero-order chi connectivity index (χ0) is 22.3. The summed E-state index contributed by atoms with van der Waals surface area (Å²) in [5.74, 6) is -0.775. The Balaban J connectivity index is 0.000000291. The summed E-state index contributed by atoms with van der Waals surface area (Å²) in [5, 5.41) is 0. The van der Waals surface area contributed by atoms with Crippen LogP contribution >= 0.6 is 0 Å². The molecular formula is C23H40O6. The largest absolute Gasteiger partial charge is 0.463 e. The van der Waals surface area contributed by atoms with Crippen LogP contribution in [0.1, 0.15) is 99.8 Å². The van der Waals surface area contributed by atoms with Crippen LogP contribution < -0.4 is 0 Å². The lowest BCUT2D eigenvalue weighted by Gasteiger charge is -2.32. The molecule has 1 atom stereocenters. The highest BCUT2D eigenvalue weighted by atomic mass is 16.6. The Morgan fingerprint density at radius 1 is 1.00 bits per heavy atom. The highest BCUT2D eigenvalue weighted by Crippen LogP contribution is 2.38. The van der Waals surface area contributed by atoms with E-state index in [-0.39, 0.29) is 23.0 Å². The van der Waals surface area contributed by atoms with E-state index in [0.717, 1.165) is 25.7 Å². The van der Waals surface area contributed by atoms with E-state index < -0.39 is 17.5 Å². The molecular weight excluding hydrogens is 372 g/mol. The number of ether oxygens (including phenoxy) is 3. The number of cyclic esters (lactones) is 1. The zero-order valence-electron chi connectivity index (χ0n) is 19.4. The predicted octanol–water partition coefficient (Wildman–Crippen LogP) is 4.97. The van der Waals surface area contributed by atoms with Gasteiger partial charge in [0.05, 0.1) is 17.4 Å². The van der Waals surface area contributed by atoms with Crippen molar-refractivity contribution in [2.75, 3.05) is 6.61 Å². The zero-order valence-corrected chi connectivity index (χ0v) is 19.4. The summed E-state index contributed by atoms with van der Waals surface area (Å²) in [5.41, 5.74) is -0.989. The number of carbonyl (C=O) groups is 3. The van der Waals surface area contributed by atoms with Crippen molar-refractivity contribution in [2.45, 2.75) is 112 Å².